The molecule has 106 valence electrons. The van der Waals surface area contributed by atoms with Gasteiger partial charge in [-0.15, -0.1) is 0 Å². The Morgan fingerprint density at radius 1 is 1.37 bits per heavy atom. The van der Waals surface area contributed by atoms with Crippen molar-refractivity contribution in [2.24, 2.45) is 0 Å². The van der Waals surface area contributed by atoms with Gasteiger partial charge in [-0.25, -0.2) is 8.42 Å². The number of hydrogen-bond donors (Lipinski definition) is 0. The maximum absolute atomic E-state index is 12.1. The fraction of sp³-hybridized carbons (Fsp3) is 0.417. The van der Waals surface area contributed by atoms with Crippen molar-refractivity contribution in [3.05, 3.63) is 28.3 Å². The molecule has 0 spiro atoms. The molecule has 19 heavy (non-hydrogen) atoms. The second-order valence-corrected chi connectivity index (χ2v) is 7.19. The zero-order valence-corrected chi connectivity index (χ0v) is 13.2. The van der Waals surface area contributed by atoms with Gasteiger partial charge in [0.1, 0.15) is 0 Å². The van der Waals surface area contributed by atoms with Crippen molar-refractivity contribution in [2.75, 3.05) is 13.6 Å². The molecule has 0 saturated carbocycles. The fourth-order valence-electron chi connectivity index (χ4n) is 1.69. The van der Waals surface area contributed by atoms with Crippen molar-refractivity contribution >= 4 is 37.2 Å². The molecule has 1 aromatic carbocycles. The molecule has 0 fully saturated rings. The zero-order valence-electron chi connectivity index (χ0n) is 10.9. The average molecular weight is 324 g/mol. The topological polar surface area (TPSA) is 54.5 Å². The number of benzene rings is 1. The molecule has 1 aromatic rings. The van der Waals surface area contributed by atoms with E-state index in [1.54, 1.807) is 14.0 Å². The number of hydrogen-bond acceptors (Lipinski definition) is 3. The molecule has 0 aliphatic rings. The van der Waals surface area contributed by atoms with Crippen LogP contribution < -0.4 is 0 Å². The first kappa shape index (κ1) is 16.3. The first-order valence-corrected chi connectivity index (χ1v) is 8.37. The van der Waals surface area contributed by atoms with Crippen LogP contribution in [0.15, 0.2) is 17.0 Å². The van der Waals surface area contributed by atoms with Gasteiger partial charge in [0.2, 0.25) is 0 Å². The highest BCUT2D eigenvalue weighted by molar-refractivity contribution is 8.13. The number of rotatable bonds is 4. The highest BCUT2D eigenvalue weighted by atomic mass is 35.7. The highest BCUT2D eigenvalue weighted by Crippen LogP contribution is 2.28. The molecule has 4 nitrogen and oxygen atoms in total. The van der Waals surface area contributed by atoms with E-state index in [4.69, 9.17) is 22.3 Å². The second kappa shape index (κ2) is 6.11. The standard InChI is InChI=1S/C12H15Cl2NO3S/c1-4-5-15(3)12(16)9-6-10(13)8(2)11(7-9)19(14,17)18/h6-7H,4-5H2,1-3H3. The monoisotopic (exact) mass is 323 g/mol. The summed E-state index contributed by atoms with van der Waals surface area (Å²) in [6.07, 6.45) is 0.808. The van der Waals surface area contributed by atoms with Crippen LogP contribution in [0.3, 0.4) is 0 Å². The molecule has 1 rings (SSSR count). The number of carbonyl (C=O) groups is 1. The van der Waals surface area contributed by atoms with Crippen molar-refractivity contribution in [1.29, 1.82) is 0 Å². The highest BCUT2D eigenvalue weighted by Gasteiger charge is 2.20. The summed E-state index contributed by atoms with van der Waals surface area (Å²) in [7, 11) is 3.06. The van der Waals surface area contributed by atoms with Gasteiger partial charge in [0.25, 0.3) is 15.0 Å². The van der Waals surface area contributed by atoms with Crippen LogP contribution in [0.4, 0.5) is 0 Å². The smallest absolute Gasteiger partial charge is 0.261 e. The van der Waals surface area contributed by atoms with Crippen LogP contribution >= 0.6 is 22.3 Å². The largest absolute Gasteiger partial charge is 0.342 e. The van der Waals surface area contributed by atoms with Gasteiger partial charge in [0, 0.05) is 34.9 Å². The lowest BCUT2D eigenvalue weighted by atomic mass is 10.1. The summed E-state index contributed by atoms with van der Waals surface area (Å²) in [4.78, 5) is 13.5. The summed E-state index contributed by atoms with van der Waals surface area (Å²) in [5, 5.41) is 0.204. The van der Waals surface area contributed by atoms with Crippen molar-refractivity contribution in [1.82, 2.24) is 4.90 Å². The molecule has 1 amide bonds. The number of carbonyl (C=O) groups excluding carboxylic acids is 1. The maximum atomic E-state index is 12.1. The summed E-state index contributed by atoms with van der Waals surface area (Å²) in [5.74, 6) is -0.287. The van der Waals surface area contributed by atoms with E-state index < -0.39 is 9.05 Å². The van der Waals surface area contributed by atoms with Crippen molar-refractivity contribution in [2.45, 2.75) is 25.2 Å². The van der Waals surface area contributed by atoms with Gasteiger partial charge in [-0.3, -0.25) is 4.79 Å². The molecule has 0 aliphatic carbocycles. The minimum Gasteiger partial charge on any atom is -0.342 e. The van der Waals surface area contributed by atoms with Gasteiger partial charge in [0.05, 0.1) is 4.90 Å². The average Bonchev–Trinajstić information content (AvgIpc) is 2.30. The van der Waals surface area contributed by atoms with Gasteiger partial charge < -0.3 is 4.90 Å². The van der Waals surface area contributed by atoms with Crippen LogP contribution in [0.1, 0.15) is 29.3 Å². The lowest BCUT2D eigenvalue weighted by molar-refractivity contribution is 0.0795. The van der Waals surface area contributed by atoms with E-state index in [1.165, 1.54) is 17.0 Å². The molecule has 0 saturated heterocycles. The minimum atomic E-state index is -3.93. The van der Waals surface area contributed by atoms with Gasteiger partial charge in [0.15, 0.2) is 0 Å². The Labute approximate surface area is 122 Å². The van der Waals surface area contributed by atoms with Gasteiger partial charge in [-0.2, -0.15) is 0 Å². The summed E-state index contributed by atoms with van der Waals surface area (Å²) in [6.45, 7) is 4.06. The SMILES string of the molecule is CCCN(C)C(=O)c1cc(Cl)c(C)c(S(=O)(=O)Cl)c1. The van der Waals surface area contributed by atoms with Gasteiger partial charge in [-0.1, -0.05) is 18.5 Å². The van der Waals surface area contributed by atoms with E-state index in [0.29, 0.717) is 12.1 Å². The Morgan fingerprint density at radius 3 is 2.42 bits per heavy atom. The van der Waals surface area contributed by atoms with Crippen molar-refractivity contribution < 1.29 is 13.2 Å². The Balaban J connectivity index is 3.33. The number of amides is 1. The molecular weight excluding hydrogens is 309 g/mol. The summed E-state index contributed by atoms with van der Waals surface area (Å²) in [6, 6.07) is 2.72. The number of halogens is 2. The van der Waals surface area contributed by atoms with Crippen molar-refractivity contribution in [3.8, 4) is 0 Å². The molecule has 0 bridgehead atoms. The fourth-order valence-corrected chi connectivity index (χ4v) is 3.19. The summed E-state index contributed by atoms with van der Waals surface area (Å²) < 4.78 is 22.9. The van der Waals surface area contributed by atoms with Gasteiger partial charge >= 0.3 is 0 Å². The van der Waals surface area contributed by atoms with Crippen LogP contribution in [0.2, 0.25) is 5.02 Å². The predicted molar refractivity (Wildman–Crippen MR) is 76.5 cm³/mol. The lowest BCUT2D eigenvalue weighted by Gasteiger charge is -2.17. The third-order valence-electron chi connectivity index (χ3n) is 2.71. The van der Waals surface area contributed by atoms with Gasteiger partial charge in [-0.05, 0) is 31.0 Å². The minimum absolute atomic E-state index is 0.130. The molecule has 0 radical (unpaired) electrons. The molecule has 0 aromatic heterocycles. The third-order valence-corrected chi connectivity index (χ3v) is 4.55. The summed E-state index contributed by atoms with van der Waals surface area (Å²) >= 11 is 5.96. The first-order chi connectivity index (χ1) is 8.68. The van der Waals surface area contributed by atoms with Crippen LogP contribution in [0.5, 0.6) is 0 Å². The zero-order chi connectivity index (χ0) is 14.8. The molecule has 0 aliphatic heterocycles. The van der Waals surface area contributed by atoms with Crippen LogP contribution in [0, 0.1) is 6.92 Å². The molecule has 7 heteroatoms. The molecule has 0 heterocycles. The Kier molecular flexibility index (Phi) is 5.24. The predicted octanol–water partition coefficient (Wildman–Crippen LogP) is 3.06. The van der Waals surface area contributed by atoms with E-state index in [0.717, 1.165) is 6.42 Å². The van der Waals surface area contributed by atoms with E-state index in [2.05, 4.69) is 0 Å². The summed E-state index contributed by atoms with van der Waals surface area (Å²) in [5.41, 5.74) is 0.553. The first-order valence-electron chi connectivity index (χ1n) is 5.68. The van der Waals surface area contributed by atoms with Crippen LogP contribution in [0.25, 0.3) is 0 Å². The quantitative estimate of drug-likeness (QED) is 0.800. The third kappa shape index (κ3) is 3.84. The number of nitrogens with zero attached hydrogens (tertiary/aromatic N) is 1. The van der Waals surface area contributed by atoms with E-state index in [9.17, 15) is 13.2 Å². The van der Waals surface area contributed by atoms with Crippen LogP contribution in [-0.4, -0.2) is 32.8 Å². The molecular formula is C12H15Cl2NO3S. The Bertz CT molecular complexity index is 599. The van der Waals surface area contributed by atoms with E-state index >= 15 is 0 Å². The maximum Gasteiger partial charge on any atom is 0.261 e. The Hall–Kier alpha value is -0.780. The van der Waals surface area contributed by atoms with Crippen molar-refractivity contribution in [3.63, 3.8) is 0 Å². The normalized spacial score (nSPS) is 11.4. The van der Waals surface area contributed by atoms with E-state index in [1.807, 2.05) is 6.92 Å². The van der Waals surface area contributed by atoms with E-state index in [-0.39, 0.29) is 21.4 Å². The molecule has 0 atom stereocenters. The molecule has 0 N–H and O–H groups in total. The van der Waals surface area contributed by atoms with Crippen LogP contribution in [-0.2, 0) is 9.05 Å². The lowest BCUT2D eigenvalue weighted by Crippen LogP contribution is -2.27. The second-order valence-electron chi connectivity index (χ2n) is 4.25. The Morgan fingerprint density at radius 2 is 1.95 bits per heavy atom. The molecule has 0 unspecified atom stereocenters.